The molecule has 0 aromatic heterocycles. The highest BCUT2D eigenvalue weighted by atomic mass is 35.5. The van der Waals surface area contributed by atoms with Crippen molar-refractivity contribution in [2.45, 2.75) is 51.0 Å². The molecule has 29 heavy (non-hydrogen) atoms. The van der Waals surface area contributed by atoms with Gasteiger partial charge in [0.05, 0.1) is 12.0 Å². The summed E-state index contributed by atoms with van der Waals surface area (Å²) in [5.74, 6) is 1.91. The normalized spacial score (nSPS) is 37.5. The van der Waals surface area contributed by atoms with E-state index < -0.39 is 0 Å². The average Bonchev–Trinajstić information content (AvgIpc) is 3.15. The Hall–Kier alpha value is -1.63. The largest absolute Gasteiger partial charge is 0.273 e. The summed E-state index contributed by atoms with van der Waals surface area (Å²) in [6.07, 6.45) is 8.21. The van der Waals surface area contributed by atoms with Gasteiger partial charge in [-0.1, -0.05) is 23.7 Å². The molecule has 5 aliphatic rings. The first-order valence-corrected chi connectivity index (χ1v) is 11.2. The Morgan fingerprint density at radius 2 is 1.62 bits per heavy atom. The fraction of sp³-hybridized carbons (Fsp3) is 0.636. The van der Waals surface area contributed by atoms with Crippen molar-refractivity contribution in [3.63, 3.8) is 0 Å². The van der Waals surface area contributed by atoms with Gasteiger partial charge in [0.15, 0.2) is 0 Å². The third-order valence-electron chi connectivity index (χ3n) is 7.57. The molecule has 1 aliphatic heterocycles. The van der Waals surface area contributed by atoms with Gasteiger partial charge < -0.3 is 0 Å². The van der Waals surface area contributed by atoms with Crippen LogP contribution in [-0.2, 0) is 9.59 Å². The molecule has 1 saturated heterocycles. The van der Waals surface area contributed by atoms with Gasteiger partial charge in [0.2, 0.25) is 11.8 Å². The number of rotatable bonds is 4. The highest BCUT2D eigenvalue weighted by molar-refractivity contribution is 6.30. The van der Waals surface area contributed by atoms with Gasteiger partial charge in [0.25, 0.3) is 0 Å². The predicted molar refractivity (Wildman–Crippen MR) is 110 cm³/mol. The predicted octanol–water partition coefficient (Wildman–Crippen LogP) is 2.86. The Bertz CT molecular complexity index is 761. The second-order valence-electron chi connectivity index (χ2n) is 9.79. The topological polar surface area (TPSA) is 82.3 Å². The number of carbonyl (C=O) groups is 2. The first-order valence-electron chi connectivity index (χ1n) is 10.8. The SMILES string of the molecule is O=C(CC12CC3CC(CC(C3)C1)C2)NNC(=O)C1CNNC1c1ccc(Cl)cc1. The molecule has 1 aromatic rings. The second kappa shape index (κ2) is 7.56. The third kappa shape index (κ3) is 3.90. The van der Waals surface area contributed by atoms with Gasteiger partial charge in [-0.3, -0.25) is 25.9 Å². The molecular weight excluding hydrogens is 388 g/mol. The van der Waals surface area contributed by atoms with Crippen molar-refractivity contribution in [3.05, 3.63) is 34.9 Å². The molecule has 156 valence electrons. The zero-order valence-electron chi connectivity index (χ0n) is 16.5. The monoisotopic (exact) mass is 416 g/mol. The van der Waals surface area contributed by atoms with Crippen LogP contribution in [0.2, 0.25) is 5.02 Å². The van der Waals surface area contributed by atoms with E-state index in [0.717, 1.165) is 23.3 Å². The maximum atomic E-state index is 12.7. The molecule has 1 aromatic carbocycles. The summed E-state index contributed by atoms with van der Waals surface area (Å²) in [5.41, 5.74) is 12.7. The fourth-order valence-electron chi connectivity index (χ4n) is 6.84. The summed E-state index contributed by atoms with van der Waals surface area (Å²) in [6.45, 7) is 0.504. The quantitative estimate of drug-likeness (QED) is 0.569. The van der Waals surface area contributed by atoms with Crippen LogP contribution in [0, 0.1) is 29.1 Å². The van der Waals surface area contributed by atoms with Crippen molar-refractivity contribution in [2.75, 3.05) is 6.54 Å². The first kappa shape index (κ1) is 19.3. The molecule has 4 aliphatic carbocycles. The molecular formula is C22H29ClN4O2. The third-order valence-corrected chi connectivity index (χ3v) is 7.83. The molecule has 0 radical (unpaired) electrons. The van der Waals surface area contributed by atoms with Crippen LogP contribution >= 0.6 is 11.6 Å². The minimum absolute atomic E-state index is 0.0535. The van der Waals surface area contributed by atoms with Crippen LogP contribution in [-0.4, -0.2) is 18.4 Å². The van der Waals surface area contributed by atoms with Crippen LogP contribution < -0.4 is 21.7 Å². The van der Waals surface area contributed by atoms with Crippen LogP contribution in [0.25, 0.3) is 0 Å². The van der Waals surface area contributed by atoms with Gasteiger partial charge >= 0.3 is 0 Å². The van der Waals surface area contributed by atoms with E-state index in [0.29, 0.717) is 18.0 Å². The van der Waals surface area contributed by atoms with Gasteiger partial charge in [-0.05, 0) is 79.4 Å². The summed E-state index contributed by atoms with van der Waals surface area (Å²) in [7, 11) is 0. The van der Waals surface area contributed by atoms with E-state index in [1.807, 2.05) is 24.3 Å². The highest BCUT2D eigenvalue weighted by Gasteiger charge is 2.51. The van der Waals surface area contributed by atoms with Crippen LogP contribution in [0.5, 0.6) is 0 Å². The van der Waals surface area contributed by atoms with Crippen molar-refractivity contribution < 1.29 is 9.59 Å². The Kier molecular flexibility index (Phi) is 5.04. The lowest BCUT2D eigenvalue weighted by Gasteiger charge is -2.56. The zero-order chi connectivity index (χ0) is 20.0. The van der Waals surface area contributed by atoms with E-state index in [9.17, 15) is 9.59 Å². The van der Waals surface area contributed by atoms with E-state index >= 15 is 0 Å². The van der Waals surface area contributed by atoms with Crippen LogP contribution in [0.4, 0.5) is 0 Å². The minimum Gasteiger partial charge on any atom is -0.273 e. The van der Waals surface area contributed by atoms with Crippen LogP contribution in [0.15, 0.2) is 24.3 Å². The number of benzene rings is 1. The van der Waals surface area contributed by atoms with Crippen molar-refractivity contribution in [1.82, 2.24) is 21.7 Å². The van der Waals surface area contributed by atoms with E-state index in [1.165, 1.54) is 38.5 Å². The van der Waals surface area contributed by atoms with Crippen LogP contribution in [0.1, 0.15) is 56.6 Å². The van der Waals surface area contributed by atoms with Crippen molar-refractivity contribution in [2.24, 2.45) is 29.1 Å². The fourth-order valence-corrected chi connectivity index (χ4v) is 6.97. The van der Waals surface area contributed by atoms with Gasteiger partial charge in [0, 0.05) is 18.0 Å². The van der Waals surface area contributed by atoms with Crippen molar-refractivity contribution >= 4 is 23.4 Å². The summed E-state index contributed by atoms with van der Waals surface area (Å²) in [4.78, 5) is 25.4. The molecule has 1 heterocycles. The summed E-state index contributed by atoms with van der Waals surface area (Å²) >= 11 is 5.97. The number of amides is 2. The number of hydrogen-bond acceptors (Lipinski definition) is 4. The molecule has 2 unspecified atom stereocenters. The number of halogens is 1. The minimum atomic E-state index is -0.309. The molecule has 6 rings (SSSR count). The van der Waals surface area contributed by atoms with E-state index in [2.05, 4.69) is 21.7 Å². The number of carbonyl (C=O) groups excluding carboxylic acids is 2. The first-order chi connectivity index (χ1) is 14.0. The summed E-state index contributed by atoms with van der Waals surface area (Å²) in [6, 6.07) is 7.31. The Balaban J connectivity index is 1.16. The van der Waals surface area contributed by atoms with Gasteiger partial charge in [-0.2, -0.15) is 0 Å². The Labute approximate surface area is 176 Å². The molecule has 4 N–H and O–H groups in total. The van der Waals surface area contributed by atoms with E-state index in [4.69, 9.17) is 11.6 Å². The molecule has 2 amide bonds. The summed E-state index contributed by atoms with van der Waals surface area (Å²) < 4.78 is 0. The number of hydrogen-bond donors (Lipinski definition) is 4. The Morgan fingerprint density at radius 3 is 2.24 bits per heavy atom. The molecule has 4 bridgehead atoms. The molecule has 0 spiro atoms. The molecule has 7 heteroatoms. The standard InChI is InChI=1S/C22H29ClN4O2/c23-17-3-1-16(2-4-17)20-18(12-24-26-20)21(29)27-25-19(28)11-22-8-13-5-14(9-22)7-15(6-13)10-22/h1-4,13-15,18,20,24,26H,5-12H2,(H,25,28)(H,27,29). The van der Waals surface area contributed by atoms with Crippen molar-refractivity contribution in [3.8, 4) is 0 Å². The van der Waals surface area contributed by atoms with E-state index in [1.54, 1.807) is 0 Å². The zero-order valence-corrected chi connectivity index (χ0v) is 17.3. The van der Waals surface area contributed by atoms with Crippen molar-refractivity contribution in [1.29, 1.82) is 0 Å². The molecule has 4 saturated carbocycles. The molecule has 2 atom stereocenters. The Morgan fingerprint density at radius 1 is 1.00 bits per heavy atom. The average molecular weight is 417 g/mol. The maximum absolute atomic E-state index is 12.7. The van der Waals surface area contributed by atoms with E-state index in [-0.39, 0.29) is 29.2 Å². The summed E-state index contributed by atoms with van der Waals surface area (Å²) in [5, 5.41) is 0.664. The number of hydrazine groups is 2. The second-order valence-corrected chi connectivity index (χ2v) is 10.2. The smallest absolute Gasteiger partial charge is 0.244 e. The molecule has 5 fully saturated rings. The van der Waals surface area contributed by atoms with Gasteiger partial charge in [-0.25, -0.2) is 5.43 Å². The lowest BCUT2D eigenvalue weighted by Crippen LogP contribution is -2.51. The number of nitrogens with one attached hydrogen (secondary N) is 4. The lowest BCUT2D eigenvalue weighted by atomic mass is 9.49. The maximum Gasteiger partial charge on any atom is 0.244 e. The molecule has 6 nitrogen and oxygen atoms in total. The lowest BCUT2D eigenvalue weighted by molar-refractivity contribution is -0.135. The van der Waals surface area contributed by atoms with Gasteiger partial charge in [-0.15, -0.1) is 0 Å². The van der Waals surface area contributed by atoms with Gasteiger partial charge in [0.1, 0.15) is 0 Å². The van der Waals surface area contributed by atoms with Crippen LogP contribution in [0.3, 0.4) is 0 Å². The highest BCUT2D eigenvalue weighted by Crippen LogP contribution is 2.61.